The van der Waals surface area contributed by atoms with Crippen molar-refractivity contribution in [3.8, 4) is 0 Å². The summed E-state index contributed by atoms with van der Waals surface area (Å²) in [7, 11) is 0. The zero-order valence-electron chi connectivity index (χ0n) is 12.6. The van der Waals surface area contributed by atoms with Gasteiger partial charge in [-0.3, -0.25) is 4.79 Å². The van der Waals surface area contributed by atoms with Crippen molar-refractivity contribution >= 4 is 23.4 Å². The lowest BCUT2D eigenvalue weighted by atomic mass is 9.83. The number of halogens is 2. The van der Waals surface area contributed by atoms with Gasteiger partial charge in [0, 0.05) is 21.8 Å². The molecular weight excluding hydrogens is 331 g/mol. The maximum atomic E-state index is 14.2. The molecule has 0 aromatic heterocycles. The number of ketones is 1. The normalized spacial score (nSPS) is 20.2. The summed E-state index contributed by atoms with van der Waals surface area (Å²) in [6, 6.07) is 11.1. The van der Waals surface area contributed by atoms with Crippen LogP contribution >= 0.6 is 11.6 Å². The second kappa shape index (κ2) is 6.45. The van der Waals surface area contributed by atoms with Gasteiger partial charge in [-0.2, -0.15) is 0 Å². The number of rotatable bonds is 3. The highest BCUT2D eigenvalue weighted by Crippen LogP contribution is 2.33. The summed E-state index contributed by atoms with van der Waals surface area (Å²) in [6.07, 6.45) is 0. The molecule has 2 atom stereocenters. The van der Waals surface area contributed by atoms with E-state index in [0.29, 0.717) is 10.6 Å². The third-order valence-electron chi connectivity index (χ3n) is 3.92. The van der Waals surface area contributed by atoms with Crippen LogP contribution in [0, 0.1) is 11.7 Å². The summed E-state index contributed by atoms with van der Waals surface area (Å²) in [4.78, 5) is 24.7. The molecule has 1 saturated heterocycles. The first kappa shape index (κ1) is 16.2. The van der Waals surface area contributed by atoms with E-state index >= 15 is 0 Å². The van der Waals surface area contributed by atoms with E-state index in [0.717, 1.165) is 0 Å². The van der Waals surface area contributed by atoms with Gasteiger partial charge in [-0.05, 0) is 30.3 Å². The van der Waals surface area contributed by atoms with Crippen LogP contribution in [0.15, 0.2) is 60.8 Å². The van der Waals surface area contributed by atoms with E-state index in [1.54, 1.807) is 42.5 Å². The predicted molar refractivity (Wildman–Crippen MR) is 89.2 cm³/mol. The highest BCUT2D eigenvalue weighted by atomic mass is 35.5. The van der Waals surface area contributed by atoms with Gasteiger partial charge in [0.25, 0.3) is 0 Å². The number of carbonyl (C=O) groups excluding carboxylic acids is 2. The van der Waals surface area contributed by atoms with Crippen molar-refractivity contribution in [1.29, 1.82) is 0 Å². The highest BCUT2D eigenvalue weighted by molar-refractivity contribution is 6.30. The molecule has 1 aliphatic rings. The summed E-state index contributed by atoms with van der Waals surface area (Å²) in [5.74, 6) is -1.61. The minimum absolute atomic E-state index is 0.229. The van der Waals surface area contributed by atoms with Crippen molar-refractivity contribution in [3.63, 3.8) is 0 Å². The number of hydrogen-bond donors (Lipinski definition) is 2. The number of hydrogen-bond acceptors (Lipinski definition) is 2. The van der Waals surface area contributed by atoms with Crippen LogP contribution in [0.5, 0.6) is 0 Å². The molecule has 0 unspecified atom stereocenters. The van der Waals surface area contributed by atoms with Crippen LogP contribution in [0.3, 0.4) is 0 Å². The second-order valence-corrected chi connectivity index (χ2v) is 5.91. The first-order valence-corrected chi connectivity index (χ1v) is 7.65. The number of nitrogens with one attached hydrogen (secondary N) is 2. The van der Waals surface area contributed by atoms with Gasteiger partial charge in [0.05, 0.1) is 12.0 Å². The summed E-state index contributed by atoms with van der Waals surface area (Å²) in [5.41, 5.74) is 0.873. The van der Waals surface area contributed by atoms with Gasteiger partial charge in [0.2, 0.25) is 0 Å². The summed E-state index contributed by atoms with van der Waals surface area (Å²) in [5, 5.41) is 5.62. The molecule has 24 heavy (non-hydrogen) atoms. The molecule has 2 aromatic carbocycles. The van der Waals surface area contributed by atoms with Gasteiger partial charge < -0.3 is 10.6 Å². The fourth-order valence-corrected chi connectivity index (χ4v) is 2.90. The van der Waals surface area contributed by atoms with Gasteiger partial charge in [0.1, 0.15) is 5.82 Å². The van der Waals surface area contributed by atoms with Crippen LogP contribution in [0.25, 0.3) is 0 Å². The molecule has 122 valence electrons. The van der Waals surface area contributed by atoms with E-state index in [9.17, 15) is 14.0 Å². The first-order valence-electron chi connectivity index (χ1n) is 7.28. The smallest absolute Gasteiger partial charge is 0.319 e. The molecule has 1 aliphatic heterocycles. The van der Waals surface area contributed by atoms with Gasteiger partial charge in [0.15, 0.2) is 5.78 Å². The van der Waals surface area contributed by atoms with Gasteiger partial charge in [-0.1, -0.05) is 36.4 Å². The standard InChI is InChI=1S/C18H14ClFN2O2/c1-10-15(17(23)11-6-8-12(19)9-7-11)16(22-18(24)21-10)13-4-2-3-5-14(13)20/h2-9,15-16H,1H2,(H2,21,22,24)/t15-,16-/m1/s1. The van der Waals surface area contributed by atoms with Gasteiger partial charge >= 0.3 is 6.03 Å². The van der Waals surface area contributed by atoms with Crippen molar-refractivity contribution in [2.75, 3.05) is 0 Å². The number of Topliss-reactive ketones (excluding diaryl/α,β-unsaturated/α-hetero) is 1. The van der Waals surface area contributed by atoms with Crippen molar-refractivity contribution < 1.29 is 14.0 Å². The van der Waals surface area contributed by atoms with Crippen LogP contribution in [-0.4, -0.2) is 11.8 Å². The Morgan fingerprint density at radius 2 is 1.79 bits per heavy atom. The quantitative estimate of drug-likeness (QED) is 0.831. The zero-order valence-corrected chi connectivity index (χ0v) is 13.3. The largest absolute Gasteiger partial charge is 0.330 e. The molecule has 2 aromatic rings. The van der Waals surface area contributed by atoms with E-state index in [4.69, 9.17) is 11.6 Å². The number of carbonyl (C=O) groups is 2. The fraction of sp³-hybridized carbons (Fsp3) is 0.111. The van der Waals surface area contributed by atoms with Crippen molar-refractivity contribution in [1.82, 2.24) is 10.6 Å². The molecule has 3 rings (SSSR count). The predicted octanol–water partition coefficient (Wildman–Crippen LogP) is 3.85. The molecule has 1 fully saturated rings. The molecule has 0 spiro atoms. The molecule has 6 heteroatoms. The molecule has 0 aliphatic carbocycles. The number of benzene rings is 2. The molecule has 0 bridgehead atoms. The Balaban J connectivity index is 2.02. The Morgan fingerprint density at radius 3 is 2.46 bits per heavy atom. The average molecular weight is 345 g/mol. The monoisotopic (exact) mass is 344 g/mol. The van der Waals surface area contributed by atoms with Crippen LogP contribution in [0.1, 0.15) is 22.0 Å². The van der Waals surface area contributed by atoms with Gasteiger partial charge in [-0.25, -0.2) is 9.18 Å². The lowest BCUT2D eigenvalue weighted by molar-refractivity contribution is 0.0904. The molecule has 4 nitrogen and oxygen atoms in total. The number of amides is 2. The van der Waals surface area contributed by atoms with E-state index in [1.807, 2.05) is 0 Å². The summed E-state index contributed by atoms with van der Waals surface area (Å²) < 4.78 is 14.2. The van der Waals surface area contributed by atoms with Crippen molar-refractivity contribution in [2.24, 2.45) is 5.92 Å². The third kappa shape index (κ3) is 3.03. The lowest BCUT2D eigenvalue weighted by Crippen LogP contribution is -2.51. The molecular formula is C18H14ClFN2O2. The van der Waals surface area contributed by atoms with Crippen molar-refractivity contribution in [3.05, 3.63) is 82.8 Å². The Hall–Kier alpha value is -2.66. The first-order chi connectivity index (χ1) is 11.5. The molecule has 0 saturated carbocycles. The van der Waals surface area contributed by atoms with E-state index < -0.39 is 23.8 Å². The van der Waals surface area contributed by atoms with Crippen LogP contribution in [0.2, 0.25) is 5.02 Å². The highest BCUT2D eigenvalue weighted by Gasteiger charge is 2.39. The topological polar surface area (TPSA) is 58.2 Å². The second-order valence-electron chi connectivity index (χ2n) is 5.47. The van der Waals surface area contributed by atoms with Crippen molar-refractivity contribution in [2.45, 2.75) is 6.04 Å². The summed E-state index contributed by atoms with van der Waals surface area (Å²) in [6.45, 7) is 3.77. The molecule has 2 amide bonds. The summed E-state index contributed by atoms with van der Waals surface area (Å²) >= 11 is 5.85. The lowest BCUT2D eigenvalue weighted by Gasteiger charge is -2.34. The minimum Gasteiger partial charge on any atom is -0.330 e. The zero-order chi connectivity index (χ0) is 17.3. The maximum Gasteiger partial charge on any atom is 0.319 e. The Bertz CT molecular complexity index is 820. The molecule has 2 N–H and O–H groups in total. The SMILES string of the molecule is C=C1NC(=O)N[C@H](c2ccccc2F)[C@@H]1C(=O)c1ccc(Cl)cc1. The van der Waals surface area contributed by atoms with Gasteiger partial charge in [-0.15, -0.1) is 0 Å². The Kier molecular flexibility index (Phi) is 4.36. The maximum absolute atomic E-state index is 14.2. The minimum atomic E-state index is -0.837. The van der Waals surface area contributed by atoms with E-state index in [-0.39, 0.29) is 17.0 Å². The van der Waals surface area contributed by atoms with E-state index in [2.05, 4.69) is 17.2 Å². The van der Waals surface area contributed by atoms with Crippen LogP contribution in [0.4, 0.5) is 9.18 Å². The molecule has 1 heterocycles. The molecule has 0 radical (unpaired) electrons. The third-order valence-corrected chi connectivity index (χ3v) is 4.17. The average Bonchev–Trinajstić information content (AvgIpc) is 2.55. The van der Waals surface area contributed by atoms with Crippen LogP contribution < -0.4 is 10.6 Å². The Morgan fingerprint density at radius 1 is 1.12 bits per heavy atom. The fourth-order valence-electron chi connectivity index (χ4n) is 2.77. The number of urea groups is 1. The van der Waals surface area contributed by atoms with Crippen LogP contribution in [-0.2, 0) is 0 Å². The van der Waals surface area contributed by atoms with E-state index in [1.165, 1.54) is 6.07 Å². The Labute approximate surface area is 143 Å².